The fourth-order valence-corrected chi connectivity index (χ4v) is 1.24. The molecule has 0 bridgehead atoms. The van der Waals surface area contributed by atoms with Crippen molar-refractivity contribution in [1.29, 1.82) is 0 Å². The van der Waals surface area contributed by atoms with Crippen LogP contribution in [0, 0.1) is 0 Å². The van der Waals surface area contributed by atoms with Crippen LogP contribution in [0.3, 0.4) is 0 Å². The zero-order chi connectivity index (χ0) is 11.5. The van der Waals surface area contributed by atoms with E-state index in [-0.39, 0.29) is 11.7 Å². The van der Waals surface area contributed by atoms with E-state index in [4.69, 9.17) is 9.47 Å². The maximum absolute atomic E-state index is 5.74. The van der Waals surface area contributed by atoms with Gasteiger partial charge < -0.3 is 9.47 Å². The average Bonchev–Trinajstić information content (AvgIpc) is 1.99. The molecule has 0 aliphatic rings. The summed E-state index contributed by atoms with van der Waals surface area (Å²) in [6, 6.07) is 7.75. The highest BCUT2D eigenvalue weighted by Gasteiger charge is 2.12. The highest BCUT2D eigenvalue weighted by atomic mass is 16.5. The van der Waals surface area contributed by atoms with Crippen LogP contribution in [0.1, 0.15) is 34.6 Å². The number of rotatable bonds is 3. The van der Waals surface area contributed by atoms with Gasteiger partial charge in [-0.1, -0.05) is 6.07 Å². The molecule has 0 amide bonds. The lowest BCUT2D eigenvalue weighted by atomic mass is 10.2. The van der Waals surface area contributed by atoms with Crippen molar-refractivity contribution in [3.63, 3.8) is 0 Å². The minimum absolute atomic E-state index is 0.170. The Balaban J connectivity index is 2.74. The van der Waals surface area contributed by atoms with Gasteiger partial charge in [-0.05, 0) is 46.8 Å². The minimum atomic E-state index is -0.170. The highest BCUT2D eigenvalue weighted by Crippen LogP contribution is 2.23. The van der Waals surface area contributed by atoms with Gasteiger partial charge in [-0.25, -0.2) is 0 Å². The van der Waals surface area contributed by atoms with E-state index in [2.05, 4.69) is 0 Å². The van der Waals surface area contributed by atoms with E-state index < -0.39 is 0 Å². The van der Waals surface area contributed by atoms with E-state index in [1.807, 2.05) is 58.9 Å². The van der Waals surface area contributed by atoms with Crippen LogP contribution >= 0.6 is 0 Å². The van der Waals surface area contributed by atoms with Crippen molar-refractivity contribution in [3.8, 4) is 11.5 Å². The molecular weight excluding hydrogens is 188 g/mol. The van der Waals surface area contributed by atoms with Crippen LogP contribution in [0.5, 0.6) is 11.5 Å². The molecule has 0 heterocycles. The van der Waals surface area contributed by atoms with Crippen LogP contribution in [-0.4, -0.2) is 11.7 Å². The van der Waals surface area contributed by atoms with Gasteiger partial charge in [-0.3, -0.25) is 0 Å². The molecule has 1 aromatic carbocycles. The molecule has 0 radical (unpaired) electrons. The first kappa shape index (κ1) is 11.9. The molecule has 0 N–H and O–H groups in total. The molecule has 0 unspecified atom stereocenters. The third-order valence-corrected chi connectivity index (χ3v) is 1.60. The number of benzene rings is 1. The smallest absolute Gasteiger partial charge is 0.123 e. The third-order valence-electron chi connectivity index (χ3n) is 1.60. The van der Waals surface area contributed by atoms with Gasteiger partial charge in [0.25, 0.3) is 0 Å². The van der Waals surface area contributed by atoms with E-state index in [0.29, 0.717) is 0 Å². The summed E-state index contributed by atoms with van der Waals surface area (Å²) >= 11 is 0. The molecule has 2 nitrogen and oxygen atoms in total. The van der Waals surface area contributed by atoms with E-state index in [9.17, 15) is 0 Å². The summed E-state index contributed by atoms with van der Waals surface area (Å²) in [5.74, 6) is 1.70. The van der Waals surface area contributed by atoms with Gasteiger partial charge >= 0.3 is 0 Å². The van der Waals surface area contributed by atoms with Crippen LogP contribution < -0.4 is 9.47 Å². The quantitative estimate of drug-likeness (QED) is 0.754. The number of hydrogen-bond donors (Lipinski definition) is 0. The van der Waals surface area contributed by atoms with Crippen molar-refractivity contribution in [3.05, 3.63) is 24.3 Å². The summed E-state index contributed by atoms with van der Waals surface area (Å²) in [5.41, 5.74) is -0.170. The number of hydrogen-bond acceptors (Lipinski definition) is 2. The SMILES string of the molecule is CC(C)Oc1cccc(OC(C)(C)C)c1. The number of ether oxygens (including phenoxy) is 2. The van der Waals surface area contributed by atoms with Crippen LogP contribution in [0.4, 0.5) is 0 Å². The van der Waals surface area contributed by atoms with Crippen LogP contribution in [-0.2, 0) is 0 Å². The third kappa shape index (κ3) is 4.73. The summed E-state index contributed by atoms with van der Waals surface area (Å²) in [5, 5.41) is 0. The Morgan fingerprint density at radius 2 is 1.67 bits per heavy atom. The highest BCUT2D eigenvalue weighted by molar-refractivity contribution is 5.33. The van der Waals surface area contributed by atoms with E-state index in [0.717, 1.165) is 11.5 Å². The fourth-order valence-electron chi connectivity index (χ4n) is 1.24. The Bertz CT molecular complexity index is 311. The van der Waals surface area contributed by atoms with E-state index in [1.54, 1.807) is 0 Å². The van der Waals surface area contributed by atoms with E-state index in [1.165, 1.54) is 0 Å². The fraction of sp³-hybridized carbons (Fsp3) is 0.538. The molecule has 0 fully saturated rings. The van der Waals surface area contributed by atoms with Crippen molar-refractivity contribution in [2.24, 2.45) is 0 Å². The van der Waals surface area contributed by atoms with Crippen LogP contribution in [0.25, 0.3) is 0 Å². The Hall–Kier alpha value is -1.18. The first-order valence-corrected chi connectivity index (χ1v) is 5.32. The molecule has 0 aliphatic heterocycles. The molecular formula is C13H20O2. The molecule has 0 aliphatic carbocycles. The van der Waals surface area contributed by atoms with Gasteiger partial charge in [0.15, 0.2) is 0 Å². The van der Waals surface area contributed by atoms with Gasteiger partial charge in [-0.15, -0.1) is 0 Å². The molecule has 0 spiro atoms. The lowest BCUT2D eigenvalue weighted by Gasteiger charge is -2.21. The Morgan fingerprint density at radius 3 is 2.20 bits per heavy atom. The van der Waals surface area contributed by atoms with Crippen LogP contribution in [0.2, 0.25) is 0 Å². The van der Waals surface area contributed by atoms with Gasteiger partial charge in [0.05, 0.1) is 6.10 Å². The molecule has 0 aromatic heterocycles. The van der Waals surface area contributed by atoms with Crippen molar-refractivity contribution in [2.75, 3.05) is 0 Å². The average molecular weight is 208 g/mol. The first-order chi connectivity index (χ1) is 6.87. The van der Waals surface area contributed by atoms with Gasteiger partial charge in [-0.2, -0.15) is 0 Å². The monoisotopic (exact) mass is 208 g/mol. The van der Waals surface area contributed by atoms with Crippen molar-refractivity contribution in [1.82, 2.24) is 0 Å². The van der Waals surface area contributed by atoms with Gasteiger partial charge in [0.2, 0.25) is 0 Å². The molecule has 2 heteroatoms. The molecule has 1 aromatic rings. The zero-order valence-electron chi connectivity index (χ0n) is 10.2. The van der Waals surface area contributed by atoms with Crippen molar-refractivity contribution < 1.29 is 9.47 Å². The lowest BCUT2D eigenvalue weighted by Crippen LogP contribution is -2.22. The Labute approximate surface area is 92.2 Å². The molecule has 0 saturated carbocycles. The van der Waals surface area contributed by atoms with Crippen molar-refractivity contribution in [2.45, 2.75) is 46.3 Å². The summed E-state index contributed by atoms with van der Waals surface area (Å²) < 4.78 is 11.3. The second-order valence-corrected chi connectivity index (χ2v) is 4.86. The van der Waals surface area contributed by atoms with Crippen LogP contribution in [0.15, 0.2) is 24.3 Å². The Kier molecular flexibility index (Phi) is 3.61. The normalized spacial score (nSPS) is 11.6. The zero-order valence-corrected chi connectivity index (χ0v) is 10.2. The molecule has 15 heavy (non-hydrogen) atoms. The predicted octanol–water partition coefficient (Wildman–Crippen LogP) is 3.65. The molecule has 0 atom stereocenters. The van der Waals surface area contributed by atoms with Gasteiger partial charge in [0.1, 0.15) is 17.1 Å². The molecule has 84 valence electrons. The second kappa shape index (κ2) is 4.56. The van der Waals surface area contributed by atoms with E-state index >= 15 is 0 Å². The topological polar surface area (TPSA) is 18.5 Å². The lowest BCUT2D eigenvalue weighted by molar-refractivity contribution is 0.130. The summed E-state index contributed by atoms with van der Waals surface area (Å²) in [6.45, 7) is 10.1. The van der Waals surface area contributed by atoms with Gasteiger partial charge in [0, 0.05) is 6.07 Å². The maximum atomic E-state index is 5.74. The predicted molar refractivity (Wildman–Crippen MR) is 62.6 cm³/mol. The summed E-state index contributed by atoms with van der Waals surface area (Å²) in [4.78, 5) is 0. The van der Waals surface area contributed by atoms with Crippen molar-refractivity contribution >= 4 is 0 Å². The largest absolute Gasteiger partial charge is 0.491 e. The Morgan fingerprint density at radius 1 is 1.07 bits per heavy atom. The minimum Gasteiger partial charge on any atom is -0.491 e. The molecule has 1 rings (SSSR count). The summed E-state index contributed by atoms with van der Waals surface area (Å²) in [6.07, 6.45) is 0.190. The molecule has 0 saturated heterocycles. The standard InChI is InChI=1S/C13H20O2/c1-10(2)14-11-7-6-8-12(9-11)15-13(3,4)5/h6-10H,1-5H3. The first-order valence-electron chi connectivity index (χ1n) is 5.32. The second-order valence-electron chi connectivity index (χ2n) is 4.86. The maximum Gasteiger partial charge on any atom is 0.123 e. The summed E-state index contributed by atoms with van der Waals surface area (Å²) in [7, 11) is 0.